The Morgan fingerprint density at radius 1 is 0.824 bits per heavy atom. The Morgan fingerprint density at radius 2 is 1.41 bits per heavy atom. The maximum Gasteiger partial charge on any atom is 0.387 e. The number of hydrogen-bond acceptors (Lipinski definition) is 5. The highest BCUT2D eigenvalue weighted by molar-refractivity contribution is 7.12. The van der Waals surface area contributed by atoms with E-state index in [0.29, 0.717) is 16.1 Å². The van der Waals surface area contributed by atoms with E-state index < -0.39 is 12.5 Å². The van der Waals surface area contributed by atoms with E-state index in [1.165, 1.54) is 34.4 Å². The molecule has 1 N–H and O–H groups in total. The monoisotopic (exact) mass is 485 g/mol. The highest BCUT2D eigenvalue weighted by atomic mass is 32.1. The maximum atomic E-state index is 13.2. The van der Waals surface area contributed by atoms with Gasteiger partial charge in [-0.1, -0.05) is 30.3 Å². The number of hydrogen-bond donors (Lipinski definition) is 1. The van der Waals surface area contributed by atoms with Gasteiger partial charge in [0.05, 0.1) is 21.7 Å². The molecule has 7 nitrogen and oxygen atoms in total. The molecule has 34 heavy (non-hydrogen) atoms. The average molecular weight is 486 g/mol. The van der Waals surface area contributed by atoms with Gasteiger partial charge in [0.1, 0.15) is 5.75 Å². The first kappa shape index (κ1) is 23.4. The van der Waals surface area contributed by atoms with Gasteiger partial charge >= 0.3 is 6.61 Å². The van der Waals surface area contributed by atoms with E-state index in [0.717, 1.165) is 0 Å². The number of carbonyl (C=O) groups excluding carboxylic acids is 3. The topological polar surface area (TPSA) is 79.0 Å². The lowest BCUT2D eigenvalue weighted by Gasteiger charge is -2.35. The van der Waals surface area contributed by atoms with Gasteiger partial charge in [0, 0.05) is 26.2 Å². The summed E-state index contributed by atoms with van der Waals surface area (Å²) in [5, 5.41) is 4.58. The smallest absolute Gasteiger partial charge is 0.387 e. The summed E-state index contributed by atoms with van der Waals surface area (Å²) < 4.78 is 29.8. The summed E-state index contributed by atoms with van der Waals surface area (Å²) in [5.74, 6) is -1.19. The molecular formula is C24H21F2N3O4S. The van der Waals surface area contributed by atoms with Crippen molar-refractivity contribution >= 4 is 34.7 Å². The molecule has 0 bridgehead atoms. The first-order chi connectivity index (χ1) is 16.4. The van der Waals surface area contributed by atoms with Gasteiger partial charge < -0.3 is 19.9 Å². The van der Waals surface area contributed by atoms with E-state index in [1.807, 2.05) is 0 Å². The molecule has 176 valence electrons. The van der Waals surface area contributed by atoms with Gasteiger partial charge in [-0.15, -0.1) is 11.3 Å². The number of alkyl halides is 2. The van der Waals surface area contributed by atoms with Crippen LogP contribution in [0.4, 0.5) is 14.5 Å². The quantitative estimate of drug-likeness (QED) is 0.568. The molecule has 0 aliphatic carbocycles. The molecule has 0 spiro atoms. The van der Waals surface area contributed by atoms with Crippen molar-refractivity contribution in [1.82, 2.24) is 9.80 Å². The minimum Gasteiger partial charge on any atom is -0.434 e. The molecule has 3 aromatic rings. The fourth-order valence-electron chi connectivity index (χ4n) is 3.67. The van der Waals surface area contributed by atoms with E-state index in [-0.39, 0.29) is 49.3 Å². The fraction of sp³-hybridized carbons (Fsp3) is 0.208. The Kier molecular flexibility index (Phi) is 7.17. The van der Waals surface area contributed by atoms with Crippen LogP contribution in [0.5, 0.6) is 5.75 Å². The number of benzene rings is 2. The maximum absolute atomic E-state index is 13.2. The van der Waals surface area contributed by atoms with Crippen LogP contribution in [-0.4, -0.2) is 60.3 Å². The van der Waals surface area contributed by atoms with Crippen LogP contribution in [0.15, 0.2) is 66.0 Å². The standard InChI is InChI=1S/C24H21F2N3O4S/c25-24(26)33-19-9-4-2-7-17(19)23(32)29-13-11-28(12-14-29)22(31)16-6-1-3-8-18(16)27-21(30)20-10-5-15-34-20/h1-10,15,24H,11-14H2,(H,27,30). The SMILES string of the molecule is O=C(Nc1ccccc1C(=O)N1CCN(C(=O)c2ccccc2OC(F)F)CC1)c1cccs1. The van der Waals surface area contributed by atoms with Crippen LogP contribution in [0.25, 0.3) is 0 Å². The van der Waals surface area contributed by atoms with Gasteiger partial charge in [0.2, 0.25) is 0 Å². The number of carbonyl (C=O) groups is 3. The lowest BCUT2D eigenvalue weighted by molar-refractivity contribution is -0.0503. The molecule has 3 amide bonds. The number of halogens is 2. The summed E-state index contributed by atoms with van der Waals surface area (Å²) in [6.07, 6.45) is 0. The Morgan fingerprint density at radius 3 is 2.03 bits per heavy atom. The third-order valence-corrected chi connectivity index (χ3v) is 6.21. The Balaban J connectivity index is 1.42. The van der Waals surface area contributed by atoms with E-state index >= 15 is 0 Å². The molecule has 10 heteroatoms. The lowest BCUT2D eigenvalue weighted by atomic mass is 10.1. The second-order valence-corrected chi connectivity index (χ2v) is 8.38. The molecule has 0 radical (unpaired) electrons. The first-order valence-corrected chi connectivity index (χ1v) is 11.4. The Hall–Kier alpha value is -3.79. The number of nitrogens with zero attached hydrogens (tertiary/aromatic N) is 2. The third-order valence-electron chi connectivity index (χ3n) is 5.34. The van der Waals surface area contributed by atoms with Crippen LogP contribution >= 0.6 is 11.3 Å². The average Bonchev–Trinajstić information content (AvgIpc) is 3.39. The highest BCUT2D eigenvalue weighted by Gasteiger charge is 2.28. The van der Waals surface area contributed by atoms with Crippen LogP contribution in [0.3, 0.4) is 0 Å². The van der Waals surface area contributed by atoms with E-state index in [1.54, 1.807) is 52.7 Å². The summed E-state index contributed by atoms with van der Waals surface area (Å²) in [7, 11) is 0. The van der Waals surface area contributed by atoms with Crippen LogP contribution in [0.2, 0.25) is 0 Å². The minimum absolute atomic E-state index is 0.0456. The van der Waals surface area contributed by atoms with Crippen LogP contribution in [-0.2, 0) is 0 Å². The number of nitrogens with one attached hydrogen (secondary N) is 1. The molecule has 0 unspecified atom stereocenters. The number of para-hydroxylation sites is 2. The van der Waals surface area contributed by atoms with Gasteiger partial charge in [-0.2, -0.15) is 8.78 Å². The third kappa shape index (κ3) is 5.23. The normalized spacial score (nSPS) is 13.6. The molecule has 0 atom stereocenters. The predicted octanol–water partition coefficient (Wildman–Crippen LogP) is 4.20. The molecule has 2 heterocycles. The predicted molar refractivity (Wildman–Crippen MR) is 124 cm³/mol. The van der Waals surface area contributed by atoms with Crippen LogP contribution in [0, 0.1) is 0 Å². The van der Waals surface area contributed by atoms with Crippen molar-refractivity contribution in [3.05, 3.63) is 82.0 Å². The van der Waals surface area contributed by atoms with Gasteiger partial charge in [0.15, 0.2) is 0 Å². The highest BCUT2D eigenvalue weighted by Crippen LogP contribution is 2.24. The number of piperazine rings is 1. The van der Waals surface area contributed by atoms with Crippen molar-refractivity contribution in [3.63, 3.8) is 0 Å². The molecule has 1 aliphatic rings. The summed E-state index contributed by atoms with van der Waals surface area (Å²) >= 11 is 1.30. The first-order valence-electron chi connectivity index (χ1n) is 10.5. The van der Waals surface area contributed by atoms with Gasteiger partial charge in [-0.3, -0.25) is 14.4 Å². The molecule has 1 fully saturated rings. The largest absolute Gasteiger partial charge is 0.434 e. The van der Waals surface area contributed by atoms with Gasteiger partial charge in [-0.05, 0) is 35.7 Å². The number of anilines is 1. The number of thiophene rings is 1. The van der Waals surface area contributed by atoms with Crippen LogP contribution < -0.4 is 10.1 Å². The summed E-state index contributed by atoms with van der Waals surface area (Å²) in [6.45, 7) is -2.05. The van der Waals surface area contributed by atoms with Crippen molar-refractivity contribution in [2.24, 2.45) is 0 Å². The summed E-state index contributed by atoms with van der Waals surface area (Å²) in [6, 6.07) is 16.1. The van der Waals surface area contributed by atoms with Crippen molar-refractivity contribution < 1.29 is 27.9 Å². The van der Waals surface area contributed by atoms with Gasteiger partial charge in [-0.25, -0.2) is 0 Å². The number of ether oxygens (including phenoxy) is 1. The van der Waals surface area contributed by atoms with Crippen molar-refractivity contribution in [1.29, 1.82) is 0 Å². The summed E-state index contributed by atoms with van der Waals surface area (Å²) in [5.41, 5.74) is 0.801. The molecule has 1 aromatic heterocycles. The van der Waals surface area contributed by atoms with E-state index in [9.17, 15) is 23.2 Å². The second-order valence-electron chi connectivity index (χ2n) is 7.44. The van der Waals surface area contributed by atoms with E-state index in [2.05, 4.69) is 10.1 Å². The van der Waals surface area contributed by atoms with Crippen molar-refractivity contribution in [2.75, 3.05) is 31.5 Å². The van der Waals surface area contributed by atoms with E-state index in [4.69, 9.17) is 0 Å². The zero-order valence-electron chi connectivity index (χ0n) is 17.9. The van der Waals surface area contributed by atoms with Gasteiger partial charge in [0.25, 0.3) is 17.7 Å². The second kappa shape index (κ2) is 10.4. The Labute approximate surface area is 198 Å². The zero-order valence-corrected chi connectivity index (χ0v) is 18.8. The Bertz CT molecular complexity index is 1180. The van der Waals surface area contributed by atoms with Crippen LogP contribution in [0.1, 0.15) is 30.4 Å². The zero-order chi connectivity index (χ0) is 24.1. The number of amides is 3. The lowest BCUT2D eigenvalue weighted by Crippen LogP contribution is -2.50. The molecule has 4 rings (SSSR count). The minimum atomic E-state index is -3.04. The van der Waals surface area contributed by atoms with Crippen molar-refractivity contribution in [2.45, 2.75) is 6.61 Å². The number of rotatable bonds is 6. The summed E-state index contributed by atoms with van der Waals surface area (Å²) in [4.78, 5) is 42.1. The molecule has 1 aliphatic heterocycles. The fourth-order valence-corrected chi connectivity index (χ4v) is 4.28. The molecular weight excluding hydrogens is 464 g/mol. The molecule has 0 saturated carbocycles. The molecule has 2 aromatic carbocycles. The van der Waals surface area contributed by atoms with Crippen molar-refractivity contribution in [3.8, 4) is 5.75 Å². The molecule has 1 saturated heterocycles.